The molecule has 0 atom stereocenters. The third-order valence-electron chi connectivity index (χ3n) is 3.62. The lowest BCUT2D eigenvalue weighted by molar-refractivity contribution is -0.123. The molecule has 0 heterocycles. The lowest BCUT2D eigenvalue weighted by atomic mass is 10.1. The van der Waals surface area contributed by atoms with Gasteiger partial charge in [0.05, 0.1) is 7.11 Å². The molecule has 5 nitrogen and oxygen atoms in total. The fourth-order valence-electron chi connectivity index (χ4n) is 2.32. The van der Waals surface area contributed by atoms with Gasteiger partial charge in [-0.3, -0.25) is 4.79 Å². The minimum Gasteiger partial charge on any atom is -0.493 e. The van der Waals surface area contributed by atoms with Gasteiger partial charge in [-0.15, -0.1) is 12.4 Å². The normalized spacial score (nSPS) is 10.2. The molecule has 0 spiro atoms. The van der Waals surface area contributed by atoms with Crippen LogP contribution in [0.2, 0.25) is 0 Å². The summed E-state index contributed by atoms with van der Waals surface area (Å²) in [5, 5.41) is 2.84. The van der Waals surface area contributed by atoms with E-state index in [2.05, 4.69) is 5.32 Å². The van der Waals surface area contributed by atoms with Crippen LogP contribution in [0.4, 0.5) is 5.69 Å². The van der Waals surface area contributed by atoms with Crippen molar-refractivity contribution in [2.45, 2.75) is 13.3 Å². The zero-order chi connectivity index (χ0) is 18.1. The highest BCUT2D eigenvalue weighted by atomic mass is 35.5. The maximum Gasteiger partial charge on any atom is 0.257 e. The topological polar surface area (TPSA) is 73.6 Å². The number of nitrogen functional groups attached to an aromatic ring is 1. The van der Waals surface area contributed by atoms with E-state index in [0.29, 0.717) is 18.0 Å². The van der Waals surface area contributed by atoms with Crippen molar-refractivity contribution in [3.05, 3.63) is 59.7 Å². The first-order valence-corrected chi connectivity index (χ1v) is 8.17. The standard InChI is InChI=1S/C20H24N2O3.ClH/c1-3-4-16-7-10-18(19(13-16)24-2)25-14-20(23)22-12-11-15-5-8-17(21)9-6-15;/h3-10,13H,11-12,14,21H2,1-2H3,(H,22,23);1H/b4-3+;. The number of ether oxygens (including phenoxy) is 2. The van der Waals surface area contributed by atoms with E-state index in [0.717, 1.165) is 23.2 Å². The summed E-state index contributed by atoms with van der Waals surface area (Å²) in [6, 6.07) is 13.2. The number of methoxy groups -OCH3 is 1. The molecule has 0 radical (unpaired) electrons. The fourth-order valence-corrected chi connectivity index (χ4v) is 2.32. The summed E-state index contributed by atoms with van der Waals surface area (Å²) in [6.07, 6.45) is 4.66. The molecular weight excluding hydrogens is 352 g/mol. The summed E-state index contributed by atoms with van der Waals surface area (Å²) in [7, 11) is 1.58. The molecule has 2 aromatic rings. The highest BCUT2D eigenvalue weighted by molar-refractivity contribution is 5.85. The minimum absolute atomic E-state index is 0. The summed E-state index contributed by atoms with van der Waals surface area (Å²) in [5.41, 5.74) is 8.52. The number of allylic oxidation sites excluding steroid dienone is 1. The number of benzene rings is 2. The summed E-state index contributed by atoms with van der Waals surface area (Å²) in [4.78, 5) is 11.9. The van der Waals surface area contributed by atoms with E-state index in [1.54, 1.807) is 13.2 Å². The zero-order valence-corrected chi connectivity index (χ0v) is 15.8. The van der Waals surface area contributed by atoms with Gasteiger partial charge in [-0.1, -0.05) is 30.4 Å². The fraction of sp³-hybridized carbons (Fsp3) is 0.250. The molecule has 0 aliphatic heterocycles. The van der Waals surface area contributed by atoms with Crippen molar-refractivity contribution in [3.63, 3.8) is 0 Å². The first kappa shape index (κ1) is 21.4. The van der Waals surface area contributed by atoms with Crippen LogP contribution in [0.5, 0.6) is 11.5 Å². The molecule has 0 aromatic heterocycles. The molecule has 6 heteroatoms. The number of hydrogen-bond donors (Lipinski definition) is 2. The molecule has 2 rings (SSSR count). The quantitative estimate of drug-likeness (QED) is 0.692. The molecule has 0 aliphatic rings. The molecule has 2 aromatic carbocycles. The summed E-state index contributed by atoms with van der Waals surface area (Å²) >= 11 is 0. The van der Waals surface area contributed by atoms with E-state index < -0.39 is 0 Å². The SMILES string of the molecule is C/C=C/c1ccc(OCC(=O)NCCc2ccc(N)cc2)c(OC)c1.Cl. The van der Waals surface area contributed by atoms with E-state index in [9.17, 15) is 4.79 Å². The monoisotopic (exact) mass is 376 g/mol. The number of rotatable bonds is 8. The van der Waals surface area contributed by atoms with Crippen LogP contribution in [0.1, 0.15) is 18.1 Å². The summed E-state index contributed by atoms with van der Waals surface area (Å²) in [5.74, 6) is 0.977. The van der Waals surface area contributed by atoms with Crippen molar-refractivity contribution in [1.29, 1.82) is 0 Å². The Labute approximate surface area is 160 Å². The highest BCUT2D eigenvalue weighted by Gasteiger charge is 2.08. The molecule has 0 saturated heterocycles. The molecule has 0 unspecified atom stereocenters. The second-order valence-electron chi connectivity index (χ2n) is 5.54. The van der Waals surface area contributed by atoms with Gasteiger partial charge in [0, 0.05) is 12.2 Å². The summed E-state index contributed by atoms with van der Waals surface area (Å²) < 4.78 is 10.9. The number of hydrogen-bond acceptors (Lipinski definition) is 4. The number of halogens is 1. The first-order chi connectivity index (χ1) is 12.1. The second kappa shape index (κ2) is 11.1. The molecule has 0 aliphatic carbocycles. The highest BCUT2D eigenvalue weighted by Crippen LogP contribution is 2.28. The van der Waals surface area contributed by atoms with Crippen LogP contribution in [0.15, 0.2) is 48.5 Å². The smallest absolute Gasteiger partial charge is 0.257 e. The van der Waals surface area contributed by atoms with Gasteiger partial charge in [0.15, 0.2) is 18.1 Å². The van der Waals surface area contributed by atoms with Gasteiger partial charge < -0.3 is 20.5 Å². The van der Waals surface area contributed by atoms with Gasteiger partial charge >= 0.3 is 0 Å². The average molecular weight is 377 g/mol. The zero-order valence-electron chi connectivity index (χ0n) is 15.0. The van der Waals surface area contributed by atoms with Gasteiger partial charge in [0.2, 0.25) is 0 Å². The number of amides is 1. The maximum atomic E-state index is 11.9. The number of carbonyl (C=O) groups excluding carboxylic acids is 1. The van der Waals surface area contributed by atoms with Crippen molar-refractivity contribution in [1.82, 2.24) is 5.32 Å². The van der Waals surface area contributed by atoms with E-state index >= 15 is 0 Å². The van der Waals surface area contributed by atoms with Crippen LogP contribution >= 0.6 is 12.4 Å². The van der Waals surface area contributed by atoms with E-state index in [1.807, 2.05) is 55.5 Å². The lowest BCUT2D eigenvalue weighted by Crippen LogP contribution is -2.30. The first-order valence-electron chi connectivity index (χ1n) is 8.17. The Kier molecular flexibility index (Phi) is 9.09. The number of anilines is 1. The Bertz CT molecular complexity index is 730. The third kappa shape index (κ3) is 6.69. The van der Waals surface area contributed by atoms with Crippen LogP contribution in [0.25, 0.3) is 6.08 Å². The largest absolute Gasteiger partial charge is 0.493 e. The molecule has 26 heavy (non-hydrogen) atoms. The Morgan fingerprint density at radius 3 is 2.54 bits per heavy atom. The predicted octanol–water partition coefficient (Wildman–Crippen LogP) is 3.47. The number of nitrogens with two attached hydrogens (primary N) is 1. The Morgan fingerprint density at radius 1 is 1.15 bits per heavy atom. The summed E-state index contributed by atoms with van der Waals surface area (Å²) in [6.45, 7) is 2.44. The van der Waals surface area contributed by atoms with E-state index in [4.69, 9.17) is 15.2 Å². The number of nitrogens with one attached hydrogen (secondary N) is 1. The molecular formula is C20H25ClN2O3. The van der Waals surface area contributed by atoms with Crippen LogP contribution < -0.4 is 20.5 Å². The van der Waals surface area contributed by atoms with Crippen molar-refractivity contribution < 1.29 is 14.3 Å². The van der Waals surface area contributed by atoms with Gasteiger partial charge in [-0.05, 0) is 48.7 Å². The third-order valence-corrected chi connectivity index (χ3v) is 3.62. The lowest BCUT2D eigenvalue weighted by Gasteiger charge is -2.11. The average Bonchev–Trinajstić information content (AvgIpc) is 2.62. The number of carbonyl (C=O) groups is 1. The Balaban J connectivity index is 0.00000338. The predicted molar refractivity (Wildman–Crippen MR) is 108 cm³/mol. The molecule has 0 bridgehead atoms. The maximum absolute atomic E-state index is 11.9. The van der Waals surface area contributed by atoms with Crippen molar-refractivity contribution >= 4 is 30.1 Å². The van der Waals surface area contributed by atoms with Crippen LogP contribution in [0.3, 0.4) is 0 Å². The molecule has 140 valence electrons. The van der Waals surface area contributed by atoms with E-state index in [1.165, 1.54) is 0 Å². The minimum atomic E-state index is -0.171. The van der Waals surface area contributed by atoms with E-state index in [-0.39, 0.29) is 24.9 Å². The van der Waals surface area contributed by atoms with Crippen molar-refractivity contribution in [2.75, 3.05) is 26.0 Å². The van der Waals surface area contributed by atoms with Crippen molar-refractivity contribution in [3.8, 4) is 11.5 Å². The molecule has 0 saturated carbocycles. The van der Waals surface area contributed by atoms with Crippen LogP contribution in [-0.4, -0.2) is 26.2 Å². The Morgan fingerprint density at radius 2 is 1.88 bits per heavy atom. The van der Waals surface area contributed by atoms with Gasteiger partial charge in [0.25, 0.3) is 5.91 Å². The Hall–Kier alpha value is -2.66. The molecule has 3 N–H and O–H groups in total. The second-order valence-corrected chi connectivity index (χ2v) is 5.54. The van der Waals surface area contributed by atoms with Crippen LogP contribution in [-0.2, 0) is 11.2 Å². The molecule has 1 amide bonds. The van der Waals surface area contributed by atoms with Crippen molar-refractivity contribution in [2.24, 2.45) is 0 Å². The van der Waals surface area contributed by atoms with Gasteiger partial charge in [-0.2, -0.15) is 0 Å². The van der Waals surface area contributed by atoms with Gasteiger partial charge in [-0.25, -0.2) is 0 Å². The van der Waals surface area contributed by atoms with Gasteiger partial charge in [0.1, 0.15) is 0 Å². The van der Waals surface area contributed by atoms with Crippen LogP contribution in [0, 0.1) is 0 Å². The molecule has 0 fully saturated rings.